The molecular formula is C10H14BrNS. The normalized spacial score (nSPS) is 19.9. The number of aryl methyl sites for hydroxylation is 1. The fourth-order valence-electron chi connectivity index (χ4n) is 1.68. The van der Waals surface area contributed by atoms with E-state index in [2.05, 4.69) is 28.9 Å². The van der Waals surface area contributed by atoms with Crippen molar-refractivity contribution in [2.24, 2.45) is 11.7 Å². The summed E-state index contributed by atoms with van der Waals surface area (Å²) in [5, 5.41) is 0. The van der Waals surface area contributed by atoms with E-state index < -0.39 is 0 Å². The van der Waals surface area contributed by atoms with Crippen molar-refractivity contribution in [3.8, 4) is 0 Å². The van der Waals surface area contributed by atoms with Crippen LogP contribution < -0.4 is 5.73 Å². The molecule has 72 valence electrons. The number of rotatable bonds is 2. The van der Waals surface area contributed by atoms with Gasteiger partial charge in [-0.25, -0.2) is 0 Å². The van der Waals surface area contributed by atoms with Crippen LogP contribution in [0.15, 0.2) is 9.85 Å². The van der Waals surface area contributed by atoms with Gasteiger partial charge in [-0.1, -0.05) is 6.42 Å². The van der Waals surface area contributed by atoms with Crippen molar-refractivity contribution in [1.29, 1.82) is 0 Å². The predicted molar refractivity (Wildman–Crippen MR) is 61.0 cm³/mol. The standard InChI is InChI=1S/C10H14BrNS/c1-6-5-8(13-10(6)11)9(12)7-3-2-4-7/h5,7,9H,2-4,12H2,1H3/t9-/m0/s1. The molecule has 1 nitrogen and oxygen atoms in total. The first kappa shape index (κ1) is 9.69. The van der Waals surface area contributed by atoms with Gasteiger partial charge in [0.25, 0.3) is 0 Å². The molecule has 2 N–H and O–H groups in total. The minimum Gasteiger partial charge on any atom is -0.323 e. The van der Waals surface area contributed by atoms with E-state index in [0.717, 1.165) is 5.92 Å². The highest BCUT2D eigenvalue weighted by molar-refractivity contribution is 9.11. The van der Waals surface area contributed by atoms with Gasteiger partial charge in [0.05, 0.1) is 3.79 Å². The summed E-state index contributed by atoms with van der Waals surface area (Å²) in [4.78, 5) is 1.34. The van der Waals surface area contributed by atoms with E-state index in [0.29, 0.717) is 0 Å². The molecule has 1 atom stereocenters. The molecule has 0 saturated heterocycles. The summed E-state index contributed by atoms with van der Waals surface area (Å²) in [6.45, 7) is 2.12. The number of halogens is 1. The van der Waals surface area contributed by atoms with E-state index in [-0.39, 0.29) is 6.04 Å². The Hall–Kier alpha value is 0.140. The molecule has 3 heteroatoms. The molecule has 1 aromatic rings. The average Bonchev–Trinajstić information content (AvgIpc) is 2.28. The lowest BCUT2D eigenvalue weighted by molar-refractivity contribution is 0.267. The summed E-state index contributed by atoms with van der Waals surface area (Å²) in [7, 11) is 0. The molecule has 1 fully saturated rings. The van der Waals surface area contributed by atoms with Crippen LogP contribution in [0.3, 0.4) is 0 Å². The first-order valence-electron chi connectivity index (χ1n) is 4.70. The first-order chi connectivity index (χ1) is 6.18. The van der Waals surface area contributed by atoms with Crippen molar-refractivity contribution < 1.29 is 0 Å². The van der Waals surface area contributed by atoms with Crippen LogP contribution in [0.2, 0.25) is 0 Å². The third-order valence-corrected chi connectivity index (χ3v) is 5.10. The van der Waals surface area contributed by atoms with Crippen LogP contribution in [-0.2, 0) is 0 Å². The average molecular weight is 260 g/mol. The third kappa shape index (κ3) is 1.83. The van der Waals surface area contributed by atoms with Gasteiger partial charge in [0, 0.05) is 10.9 Å². The summed E-state index contributed by atoms with van der Waals surface area (Å²) in [5.41, 5.74) is 7.49. The smallest absolute Gasteiger partial charge is 0.0731 e. The Labute approximate surface area is 91.5 Å². The predicted octanol–water partition coefficient (Wildman–Crippen LogP) is 3.62. The van der Waals surface area contributed by atoms with Gasteiger partial charge in [0.15, 0.2) is 0 Å². The van der Waals surface area contributed by atoms with Crippen LogP contribution in [0.5, 0.6) is 0 Å². The van der Waals surface area contributed by atoms with Crippen LogP contribution in [0.1, 0.15) is 35.7 Å². The van der Waals surface area contributed by atoms with E-state index in [9.17, 15) is 0 Å². The minimum atomic E-state index is 0.281. The van der Waals surface area contributed by atoms with Crippen molar-refractivity contribution >= 4 is 27.3 Å². The SMILES string of the molecule is Cc1cc([C@@H](N)C2CCC2)sc1Br. The lowest BCUT2D eigenvalue weighted by Crippen LogP contribution is -2.25. The molecule has 0 bridgehead atoms. The zero-order chi connectivity index (χ0) is 9.42. The molecule has 1 heterocycles. The number of hydrogen-bond donors (Lipinski definition) is 1. The van der Waals surface area contributed by atoms with Gasteiger partial charge >= 0.3 is 0 Å². The number of hydrogen-bond acceptors (Lipinski definition) is 2. The van der Waals surface area contributed by atoms with Gasteiger partial charge in [-0.2, -0.15) is 0 Å². The van der Waals surface area contributed by atoms with E-state index in [1.807, 2.05) is 0 Å². The van der Waals surface area contributed by atoms with Gasteiger partial charge in [-0.3, -0.25) is 0 Å². The molecule has 1 aliphatic carbocycles. The van der Waals surface area contributed by atoms with Crippen molar-refractivity contribution in [1.82, 2.24) is 0 Å². The molecule has 0 unspecified atom stereocenters. The highest BCUT2D eigenvalue weighted by atomic mass is 79.9. The van der Waals surface area contributed by atoms with E-state index in [4.69, 9.17) is 5.73 Å². The van der Waals surface area contributed by atoms with Crippen LogP contribution >= 0.6 is 27.3 Å². The first-order valence-corrected chi connectivity index (χ1v) is 6.31. The largest absolute Gasteiger partial charge is 0.323 e. The van der Waals surface area contributed by atoms with Gasteiger partial charge in [-0.15, -0.1) is 11.3 Å². The molecule has 1 saturated carbocycles. The Bertz CT molecular complexity index is 284. The second kappa shape index (κ2) is 3.71. The minimum absolute atomic E-state index is 0.281. The second-order valence-corrected chi connectivity index (χ2v) is 6.22. The van der Waals surface area contributed by atoms with Crippen LogP contribution in [0, 0.1) is 12.8 Å². The monoisotopic (exact) mass is 259 g/mol. The van der Waals surface area contributed by atoms with Crippen molar-refractivity contribution in [3.63, 3.8) is 0 Å². The Balaban J connectivity index is 2.14. The Morgan fingerprint density at radius 2 is 2.31 bits per heavy atom. The number of nitrogens with two attached hydrogens (primary N) is 1. The maximum atomic E-state index is 6.17. The van der Waals surface area contributed by atoms with Crippen LogP contribution in [0.25, 0.3) is 0 Å². The lowest BCUT2D eigenvalue weighted by Gasteiger charge is -2.30. The topological polar surface area (TPSA) is 26.0 Å². The molecule has 1 aromatic heterocycles. The molecule has 1 aliphatic rings. The molecular weight excluding hydrogens is 246 g/mol. The Kier molecular flexibility index (Phi) is 2.77. The molecule has 13 heavy (non-hydrogen) atoms. The summed E-state index contributed by atoms with van der Waals surface area (Å²) < 4.78 is 1.23. The van der Waals surface area contributed by atoms with Crippen molar-refractivity contribution in [3.05, 3.63) is 20.3 Å². The fourth-order valence-corrected chi connectivity index (χ4v) is 3.35. The van der Waals surface area contributed by atoms with Crippen LogP contribution in [-0.4, -0.2) is 0 Å². The summed E-state index contributed by atoms with van der Waals surface area (Å²) in [6, 6.07) is 2.50. The summed E-state index contributed by atoms with van der Waals surface area (Å²) in [5.74, 6) is 0.741. The molecule has 0 aliphatic heterocycles. The van der Waals surface area contributed by atoms with Gasteiger partial charge in [0.1, 0.15) is 0 Å². The third-order valence-electron chi connectivity index (χ3n) is 2.86. The molecule has 0 radical (unpaired) electrons. The quantitative estimate of drug-likeness (QED) is 0.863. The number of thiophene rings is 1. The molecule has 0 aromatic carbocycles. The zero-order valence-electron chi connectivity index (χ0n) is 7.72. The second-order valence-electron chi connectivity index (χ2n) is 3.82. The van der Waals surface area contributed by atoms with Gasteiger partial charge in [0.2, 0.25) is 0 Å². The van der Waals surface area contributed by atoms with Crippen molar-refractivity contribution in [2.45, 2.75) is 32.2 Å². The Morgan fingerprint density at radius 3 is 2.69 bits per heavy atom. The summed E-state index contributed by atoms with van der Waals surface area (Å²) in [6.07, 6.45) is 4.00. The molecule has 0 spiro atoms. The fraction of sp³-hybridized carbons (Fsp3) is 0.600. The summed E-state index contributed by atoms with van der Waals surface area (Å²) >= 11 is 5.33. The van der Waals surface area contributed by atoms with Gasteiger partial charge < -0.3 is 5.73 Å². The highest BCUT2D eigenvalue weighted by Crippen LogP contribution is 2.40. The van der Waals surface area contributed by atoms with E-state index in [1.54, 1.807) is 11.3 Å². The zero-order valence-corrected chi connectivity index (χ0v) is 10.1. The van der Waals surface area contributed by atoms with E-state index in [1.165, 1.54) is 33.5 Å². The Morgan fingerprint density at radius 1 is 1.62 bits per heavy atom. The van der Waals surface area contributed by atoms with E-state index >= 15 is 0 Å². The maximum Gasteiger partial charge on any atom is 0.0731 e. The maximum absolute atomic E-state index is 6.17. The lowest BCUT2D eigenvalue weighted by atomic mass is 9.79. The van der Waals surface area contributed by atoms with Crippen molar-refractivity contribution in [2.75, 3.05) is 0 Å². The molecule has 0 amide bonds. The molecule has 2 rings (SSSR count). The van der Waals surface area contributed by atoms with Crippen LogP contribution in [0.4, 0.5) is 0 Å². The highest BCUT2D eigenvalue weighted by Gasteiger charge is 2.26. The van der Waals surface area contributed by atoms with Gasteiger partial charge in [-0.05, 0) is 53.2 Å².